The molecule has 104 valence electrons. The summed E-state index contributed by atoms with van der Waals surface area (Å²) in [5, 5.41) is 11.0. The molecule has 0 bridgehead atoms. The summed E-state index contributed by atoms with van der Waals surface area (Å²) in [5.41, 5.74) is 0.690. The number of allylic oxidation sites excluding steroid dienone is 4. The van der Waals surface area contributed by atoms with Crippen molar-refractivity contribution in [2.24, 2.45) is 5.92 Å². The molecule has 0 saturated carbocycles. The normalized spacial score (nSPS) is 24.6. The smallest absolute Gasteiger partial charge is 0.258 e. The Kier molecular flexibility index (Phi) is 4.62. The van der Waals surface area contributed by atoms with E-state index in [1.54, 1.807) is 18.2 Å². The van der Waals surface area contributed by atoms with Gasteiger partial charge in [0.25, 0.3) is 5.69 Å². The second-order valence-electron chi connectivity index (χ2n) is 4.57. The molecule has 2 rings (SSSR count). The zero-order chi connectivity index (χ0) is 14.8. The summed E-state index contributed by atoms with van der Waals surface area (Å²) >= 11 is 15.6. The van der Waals surface area contributed by atoms with Crippen LogP contribution in [0, 0.1) is 16.0 Å². The second-order valence-corrected chi connectivity index (χ2v) is 6.50. The number of benzene rings is 1. The maximum atomic E-state index is 11.0. The van der Waals surface area contributed by atoms with E-state index in [-0.39, 0.29) is 11.6 Å². The number of thiocarbonyl (C=S) groups is 1. The molecular weight excluding hydrogens is 314 g/mol. The van der Waals surface area contributed by atoms with Crippen molar-refractivity contribution >= 4 is 46.3 Å². The third-order valence-electron chi connectivity index (χ3n) is 3.10. The van der Waals surface area contributed by atoms with Crippen molar-refractivity contribution in [2.75, 3.05) is 0 Å². The number of nitro groups is 1. The van der Waals surface area contributed by atoms with Gasteiger partial charge in [0.1, 0.15) is 0 Å². The van der Waals surface area contributed by atoms with Crippen LogP contribution in [0.2, 0.25) is 0 Å². The van der Waals surface area contributed by atoms with E-state index in [4.69, 9.17) is 23.8 Å². The molecule has 0 radical (unpaired) electrons. The Bertz CT molecular complexity index is 599. The van der Waals surface area contributed by atoms with Crippen LogP contribution in [0.1, 0.15) is 5.56 Å². The first-order chi connectivity index (χ1) is 9.41. The van der Waals surface area contributed by atoms with Crippen LogP contribution in [0.5, 0.6) is 0 Å². The molecule has 1 aliphatic carbocycles. The molecule has 0 atom stereocenters. The van der Waals surface area contributed by atoms with Crippen LogP contribution in [0.4, 0.5) is 5.69 Å². The molecule has 0 fully saturated rings. The Labute approximate surface area is 132 Å². The molecule has 0 amide bonds. The molecule has 0 saturated heterocycles. The van der Waals surface area contributed by atoms with Gasteiger partial charge in [0, 0.05) is 24.0 Å². The highest BCUT2D eigenvalue weighted by Gasteiger charge is 2.28. The molecule has 1 aromatic carbocycles. The van der Waals surface area contributed by atoms with Crippen molar-refractivity contribution in [1.29, 1.82) is 0 Å². The molecule has 3 nitrogen and oxygen atoms in total. The first kappa shape index (κ1) is 15.2. The van der Waals surface area contributed by atoms with Gasteiger partial charge in [-0.3, -0.25) is 10.1 Å². The monoisotopic (exact) mass is 325 g/mol. The maximum Gasteiger partial charge on any atom is 0.272 e. The lowest BCUT2D eigenvalue weighted by atomic mass is 9.90. The Morgan fingerprint density at radius 2 is 2.00 bits per heavy atom. The fraction of sp³-hybridized carbons (Fsp3) is 0.214. The summed E-state index contributed by atoms with van der Waals surface area (Å²) in [6.45, 7) is 0. The van der Waals surface area contributed by atoms with E-state index >= 15 is 0 Å². The Balaban J connectivity index is 2.23. The van der Waals surface area contributed by atoms with Gasteiger partial charge < -0.3 is 0 Å². The summed E-state index contributed by atoms with van der Waals surface area (Å²) < 4.78 is 0.571. The van der Waals surface area contributed by atoms with Gasteiger partial charge in [-0.25, -0.2) is 0 Å². The number of halogens is 1. The quantitative estimate of drug-likeness (QED) is 0.226. The number of alkyl halides is 1. The Morgan fingerprint density at radius 1 is 1.40 bits per heavy atom. The van der Waals surface area contributed by atoms with Crippen LogP contribution >= 0.6 is 36.4 Å². The summed E-state index contributed by atoms with van der Waals surface area (Å²) in [6.07, 6.45) is 7.73. The average Bonchev–Trinajstić information content (AvgIpc) is 2.39. The molecule has 0 aromatic heterocycles. The zero-order valence-electron chi connectivity index (χ0n) is 10.4. The van der Waals surface area contributed by atoms with Crippen LogP contribution in [-0.2, 0) is 6.42 Å². The molecule has 0 N–H and O–H groups in total. The van der Waals surface area contributed by atoms with E-state index in [0.717, 1.165) is 0 Å². The van der Waals surface area contributed by atoms with Gasteiger partial charge in [0.2, 0.25) is 0 Å². The lowest BCUT2D eigenvalue weighted by molar-refractivity contribution is -0.385. The van der Waals surface area contributed by atoms with E-state index in [9.17, 15) is 10.1 Å². The summed E-state index contributed by atoms with van der Waals surface area (Å²) in [5.74, 6) is -0.0223. The van der Waals surface area contributed by atoms with Crippen LogP contribution in [0.3, 0.4) is 0 Å². The molecule has 0 spiro atoms. The number of nitro benzene ring substituents is 1. The molecule has 0 unspecified atom stereocenters. The van der Waals surface area contributed by atoms with E-state index in [1.165, 1.54) is 6.07 Å². The van der Waals surface area contributed by atoms with Crippen molar-refractivity contribution in [1.82, 2.24) is 0 Å². The number of hydrogen-bond donors (Lipinski definition) is 1. The third kappa shape index (κ3) is 3.48. The zero-order valence-corrected chi connectivity index (χ0v) is 12.9. The van der Waals surface area contributed by atoms with Crippen molar-refractivity contribution in [3.8, 4) is 0 Å². The molecule has 1 aromatic rings. The average molecular weight is 326 g/mol. The minimum absolute atomic E-state index is 0.0223. The predicted octanol–water partition coefficient (Wildman–Crippen LogP) is 4.11. The second kappa shape index (κ2) is 6.08. The molecule has 6 heteroatoms. The first-order valence-electron chi connectivity index (χ1n) is 5.94. The predicted molar refractivity (Wildman–Crippen MR) is 88.7 cm³/mol. The molecule has 1 aliphatic rings. The van der Waals surface area contributed by atoms with Gasteiger partial charge >= 0.3 is 0 Å². The standard InChI is InChI=1S/C14H12ClNO2S2/c15-14(7-5-10(6-8-14)13(19)20)9-11-3-1-2-4-12(11)16(17)18/h1-8,10H,9H2,(H,19,20). The van der Waals surface area contributed by atoms with E-state index in [0.29, 0.717) is 16.2 Å². The molecule has 0 heterocycles. The van der Waals surface area contributed by atoms with Crippen molar-refractivity contribution in [2.45, 2.75) is 11.3 Å². The SMILES string of the molecule is O=[N+]([O-])c1ccccc1CC1(Cl)C=CC(C(=S)S)C=C1. The first-order valence-corrected chi connectivity index (χ1v) is 7.17. The van der Waals surface area contributed by atoms with Crippen LogP contribution in [0.25, 0.3) is 0 Å². The van der Waals surface area contributed by atoms with E-state index in [1.807, 2.05) is 24.3 Å². The highest BCUT2D eigenvalue weighted by Crippen LogP contribution is 2.33. The maximum absolute atomic E-state index is 11.0. The fourth-order valence-corrected chi connectivity index (χ4v) is 2.68. The van der Waals surface area contributed by atoms with Gasteiger partial charge in [-0.15, -0.1) is 24.2 Å². The summed E-state index contributed by atoms with van der Waals surface area (Å²) in [7, 11) is 0. The Morgan fingerprint density at radius 3 is 2.55 bits per heavy atom. The van der Waals surface area contributed by atoms with Crippen molar-refractivity contribution < 1.29 is 4.92 Å². The van der Waals surface area contributed by atoms with Crippen LogP contribution < -0.4 is 0 Å². The lowest BCUT2D eigenvalue weighted by Crippen LogP contribution is -2.23. The molecule has 20 heavy (non-hydrogen) atoms. The van der Waals surface area contributed by atoms with E-state index in [2.05, 4.69) is 12.6 Å². The molecular formula is C14H12ClNO2S2. The number of nitrogens with zero attached hydrogens (tertiary/aromatic N) is 1. The number of rotatable bonds is 4. The van der Waals surface area contributed by atoms with Crippen LogP contribution in [0.15, 0.2) is 48.6 Å². The number of para-hydroxylation sites is 1. The third-order valence-corrected chi connectivity index (χ3v) is 4.05. The van der Waals surface area contributed by atoms with Crippen LogP contribution in [-0.4, -0.2) is 14.0 Å². The number of thiol groups is 1. The lowest BCUT2D eigenvalue weighted by Gasteiger charge is -2.24. The highest BCUT2D eigenvalue weighted by atomic mass is 35.5. The fourth-order valence-electron chi connectivity index (χ4n) is 2.06. The largest absolute Gasteiger partial charge is 0.272 e. The molecule has 0 aliphatic heterocycles. The Hall–Kier alpha value is -1.17. The summed E-state index contributed by atoms with van der Waals surface area (Å²) in [6, 6.07) is 6.62. The minimum atomic E-state index is -0.763. The minimum Gasteiger partial charge on any atom is -0.258 e. The van der Waals surface area contributed by atoms with E-state index < -0.39 is 9.80 Å². The van der Waals surface area contributed by atoms with Gasteiger partial charge in [-0.05, 0) is 0 Å². The van der Waals surface area contributed by atoms with Crippen molar-refractivity contribution in [3.63, 3.8) is 0 Å². The van der Waals surface area contributed by atoms with Gasteiger partial charge in [0.05, 0.1) is 14.0 Å². The number of hydrogen-bond acceptors (Lipinski definition) is 3. The summed E-state index contributed by atoms with van der Waals surface area (Å²) in [4.78, 5) is 9.85. The van der Waals surface area contributed by atoms with Crippen molar-refractivity contribution in [3.05, 3.63) is 64.2 Å². The highest BCUT2D eigenvalue weighted by molar-refractivity contribution is 8.11. The van der Waals surface area contributed by atoms with Gasteiger partial charge in [-0.2, -0.15) is 0 Å². The van der Waals surface area contributed by atoms with Gasteiger partial charge in [0.15, 0.2) is 0 Å². The topological polar surface area (TPSA) is 43.1 Å². The van der Waals surface area contributed by atoms with Gasteiger partial charge in [-0.1, -0.05) is 54.7 Å².